The maximum Gasteiger partial charge on any atom is 0.286 e. The largest absolute Gasteiger partial charge is 0.459 e. The van der Waals surface area contributed by atoms with Crippen LogP contribution in [0.15, 0.2) is 58.0 Å². The van der Waals surface area contributed by atoms with Gasteiger partial charge in [0.05, 0.1) is 16.9 Å². The van der Waals surface area contributed by atoms with Crippen LogP contribution >= 0.6 is 0 Å². The van der Waals surface area contributed by atoms with E-state index in [9.17, 15) is 13.2 Å². The van der Waals surface area contributed by atoms with Crippen molar-refractivity contribution in [1.29, 1.82) is 0 Å². The smallest absolute Gasteiger partial charge is 0.286 e. The van der Waals surface area contributed by atoms with Gasteiger partial charge >= 0.3 is 0 Å². The van der Waals surface area contributed by atoms with Crippen molar-refractivity contribution in [3.05, 3.63) is 54.5 Å². The van der Waals surface area contributed by atoms with Crippen molar-refractivity contribution in [2.45, 2.75) is 17.7 Å². The van der Waals surface area contributed by atoms with Crippen molar-refractivity contribution < 1.29 is 17.6 Å². The number of piperidine rings is 1. The quantitative estimate of drug-likeness (QED) is 0.801. The Hall–Kier alpha value is -2.12. The van der Waals surface area contributed by atoms with Gasteiger partial charge < -0.3 is 14.6 Å². The number of sulfone groups is 1. The van der Waals surface area contributed by atoms with Crippen LogP contribution in [0.1, 0.15) is 23.4 Å². The first-order valence-electron chi connectivity index (χ1n) is 8.86. The van der Waals surface area contributed by atoms with E-state index in [1.807, 2.05) is 6.07 Å². The first kappa shape index (κ1) is 18.7. The predicted octanol–water partition coefficient (Wildman–Crippen LogP) is 2.20. The number of hydrogen-bond acceptors (Lipinski definition) is 5. The summed E-state index contributed by atoms with van der Waals surface area (Å²) in [6.07, 6.45) is 3.38. The van der Waals surface area contributed by atoms with Crippen LogP contribution in [0.25, 0.3) is 0 Å². The zero-order valence-electron chi connectivity index (χ0n) is 14.6. The summed E-state index contributed by atoms with van der Waals surface area (Å²) in [5.41, 5.74) is 0. The van der Waals surface area contributed by atoms with Gasteiger partial charge in [0.15, 0.2) is 15.6 Å². The molecule has 1 amide bonds. The average Bonchev–Trinajstić information content (AvgIpc) is 3.21. The third-order valence-electron chi connectivity index (χ3n) is 4.78. The molecule has 7 heteroatoms. The number of furan rings is 1. The number of nitrogens with zero attached hydrogens (tertiary/aromatic N) is 1. The van der Waals surface area contributed by atoms with Crippen LogP contribution in [-0.2, 0) is 9.84 Å². The van der Waals surface area contributed by atoms with Gasteiger partial charge in [0, 0.05) is 13.1 Å². The molecule has 1 aromatic heterocycles. The van der Waals surface area contributed by atoms with Gasteiger partial charge in [-0.2, -0.15) is 0 Å². The molecule has 1 aliphatic heterocycles. The third kappa shape index (κ3) is 4.95. The topological polar surface area (TPSA) is 79.6 Å². The van der Waals surface area contributed by atoms with Crippen LogP contribution in [0.3, 0.4) is 0 Å². The van der Waals surface area contributed by atoms with Crippen molar-refractivity contribution in [2.75, 3.05) is 31.9 Å². The van der Waals surface area contributed by atoms with Gasteiger partial charge in [0.25, 0.3) is 5.91 Å². The highest BCUT2D eigenvalue weighted by molar-refractivity contribution is 7.91. The Morgan fingerprint density at radius 3 is 2.50 bits per heavy atom. The van der Waals surface area contributed by atoms with Crippen LogP contribution in [-0.4, -0.2) is 51.2 Å². The molecule has 0 radical (unpaired) electrons. The van der Waals surface area contributed by atoms with Crippen molar-refractivity contribution in [3.8, 4) is 0 Å². The van der Waals surface area contributed by atoms with Gasteiger partial charge in [-0.05, 0) is 56.1 Å². The number of amides is 1. The summed E-state index contributed by atoms with van der Waals surface area (Å²) in [6.45, 7) is 2.87. The molecule has 0 unspecified atom stereocenters. The lowest BCUT2D eigenvalue weighted by atomic mass is 9.97. The molecule has 1 aliphatic rings. The highest BCUT2D eigenvalue weighted by Gasteiger charge is 2.22. The second-order valence-electron chi connectivity index (χ2n) is 6.60. The van der Waals surface area contributed by atoms with Crippen molar-refractivity contribution in [1.82, 2.24) is 10.2 Å². The number of nitrogens with one attached hydrogen (secondary N) is 1. The van der Waals surface area contributed by atoms with Gasteiger partial charge in [-0.15, -0.1) is 0 Å². The molecule has 0 aliphatic carbocycles. The Balaban J connectivity index is 1.39. The molecule has 0 bridgehead atoms. The van der Waals surface area contributed by atoms with E-state index in [4.69, 9.17) is 4.42 Å². The summed E-state index contributed by atoms with van der Waals surface area (Å²) in [6, 6.07) is 11.9. The van der Waals surface area contributed by atoms with Gasteiger partial charge in [-0.1, -0.05) is 18.2 Å². The zero-order chi connectivity index (χ0) is 18.4. The van der Waals surface area contributed by atoms with E-state index in [0.29, 0.717) is 29.7 Å². The molecule has 0 atom stereocenters. The highest BCUT2D eigenvalue weighted by atomic mass is 32.2. The number of rotatable bonds is 7. The summed E-state index contributed by atoms with van der Waals surface area (Å²) >= 11 is 0. The van der Waals surface area contributed by atoms with Crippen LogP contribution in [0.4, 0.5) is 0 Å². The first-order chi connectivity index (χ1) is 12.5. The fourth-order valence-corrected chi connectivity index (χ4v) is 4.45. The summed E-state index contributed by atoms with van der Waals surface area (Å²) in [4.78, 5) is 14.4. The SMILES string of the molecule is O=C(NCC1CCN(CCS(=O)(=O)c2ccccc2)CC1)c1ccco1. The van der Waals surface area contributed by atoms with Crippen LogP contribution < -0.4 is 5.32 Å². The minimum atomic E-state index is -3.23. The van der Waals surface area contributed by atoms with Gasteiger partial charge in [0.2, 0.25) is 0 Å². The number of benzene rings is 1. The summed E-state index contributed by atoms with van der Waals surface area (Å²) in [7, 11) is -3.23. The Bertz CT molecular complexity index is 795. The number of hydrogen-bond donors (Lipinski definition) is 1. The van der Waals surface area contributed by atoms with Gasteiger partial charge in [0.1, 0.15) is 0 Å². The number of carbonyl (C=O) groups excluding carboxylic acids is 1. The van der Waals surface area contributed by atoms with E-state index in [2.05, 4.69) is 10.2 Å². The lowest BCUT2D eigenvalue weighted by Crippen LogP contribution is -2.40. The van der Waals surface area contributed by atoms with E-state index in [1.54, 1.807) is 36.4 Å². The molecule has 2 heterocycles. The maximum absolute atomic E-state index is 12.3. The molecule has 1 N–H and O–H groups in total. The molecule has 1 saturated heterocycles. The Labute approximate surface area is 154 Å². The molecule has 140 valence electrons. The van der Waals surface area contributed by atoms with E-state index < -0.39 is 9.84 Å². The molecule has 3 rings (SSSR count). The number of likely N-dealkylation sites (tertiary alicyclic amines) is 1. The van der Waals surface area contributed by atoms with E-state index >= 15 is 0 Å². The highest BCUT2D eigenvalue weighted by Crippen LogP contribution is 2.17. The van der Waals surface area contributed by atoms with Gasteiger partial charge in [-0.3, -0.25) is 4.79 Å². The lowest BCUT2D eigenvalue weighted by Gasteiger charge is -2.31. The third-order valence-corrected chi connectivity index (χ3v) is 6.49. The van der Waals surface area contributed by atoms with Gasteiger partial charge in [-0.25, -0.2) is 8.42 Å². The molecule has 1 fully saturated rings. The van der Waals surface area contributed by atoms with Crippen molar-refractivity contribution >= 4 is 15.7 Å². The molecular weight excluding hydrogens is 352 g/mol. The average molecular weight is 376 g/mol. The second kappa shape index (κ2) is 8.51. The Kier molecular flexibility index (Phi) is 6.11. The van der Waals surface area contributed by atoms with E-state index in [0.717, 1.165) is 25.9 Å². The second-order valence-corrected chi connectivity index (χ2v) is 8.71. The molecule has 1 aromatic carbocycles. The Morgan fingerprint density at radius 2 is 1.85 bits per heavy atom. The van der Waals surface area contributed by atoms with E-state index in [1.165, 1.54) is 6.26 Å². The first-order valence-corrected chi connectivity index (χ1v) is 10.5. The lowest BCUT2D eigenvalue weighted by molar-refractivity contribution is 0.0909. The monoisotopic (exact) mass is 376 g/mol. The standard InChI is InChI=1S/C19H24N2O4S/c22-19(18-7-4-13-25-18)20-15-16-8-10-21(11-9-16)12-14-26(23,24)17-5-2-1-3-6-17/h1-7,13,16H,8-12,14-15H2,(H,20,22). The van der Waals surface area contributed by atoms with Crippen LogP contribution in [0, 0.1) is 5.92 Å². The van der Waals surface area contributed by atoms with E-state index in [-0.39, 0.29) is 11.7 Å². The van der Waals surface area contributed by atoms with Crippen molar-refractivity contribution in [2.24, 2.45) is 5.92 Å². The van der Waals surface area contributed by atoms with Crippen molar-refractivity contribution in [3.63, 3.8) is 0 Å². The Morgan fingerprint density at radius 1 is 1.12 bits per heavy atom. The predicted molar refractivity (Wildman–Crippen MR) is 98.7 cm³/mol. The van der Waals surface area contributed by atoms with Crippen LogP contribution in [0.2, 0.25) is 0 Å². The normalized spacial score (nSPS) is 16.5. The summed E-state index contributed by atoms with van der Waals surface area (Å²) < 4.78 is 29.8. The molecule has 6 nitrogen and oxygen atoms in total. The molecule has 26 heavy (non-hydrogen) atoms. The zero-order valence-corrected chi connectivity index (χ0v) is 15.5. The fourth-order valence-electron chi connectivity index (χ4n) is 3.14. The minimum absolute atomic E-state index is 0.136. The molecule has 0 spiro atoms. The summed E-state index contributed by atoms with van der Waals surface area (Å²) in [5, 5.41) is 2.90. The van der Waals surface area contributed by atoms with Crippen LogP contribution in [0.5, 0.6) is 0 Å². The fraction of sp³-hybridized carbons (Fsp3) is 0.421. The maximum atomic E-state index is 12.3. The molecular formula is C19H24N2O4S. The summed E-state index contributed by atoms with van der Waals surface area (Å²) in [5.74, 6) is 0.688. The number of carbonyl (C=O) groups is 1. The molecule has 0 saturated carbocycles. The molecule has 2 aromatic rings. The minimum Gasteiger partial charge on any atom is -0.459 e.